The van der Waals surface area contributed by atoms with Gasteiger partial charge in [-0.3, -0.25) is 0 Å². The molecule has 1 N–H and O–H groups in total. The summed E-state index contributed by atoms with van der Waals surface area (Å²) in [6, 6.07) is 13.2. The van der Waals surface area contributed by atoms with Gasteiger partial charge >= 0.3 is 5.63 Å². The summed E-state index contributed by atoms with van der Waals surface area (Å²) in [5, 5.41) is 20.4. The molecule has 6 nitrogen and oxygen atoms in total. The molecule has 30 heavy (non-hydrogen) atoms. The van der Waals surface area contributed by atoms with Gasteiger partial charge in [0.1, 0.15) is 11.3 Å². The van der Waals surface area contributed by atoms with E-state index in [1.807, 2.05) is 12.1 Å². The zero-order valence-electron chi connectivity index (χ0n) is 17.2. The number of phenols is 1. The van der Waals surface area contributed by atoms with Gasteiger partial charge in [0.05, 0.1) is 0 Å². The topological polar surface area (TPSA) is 81.2 Å². The van der Waals surface area contributed by atoms with E-state index in [0.29, 0.717) is 16.9 Å². The van der Waals surface area contributed by atoms with Crippen molar-refractivity contribution < 1.29 is 9.52 Å². The third kappa shape index (κ3) is 3.85. The number of rotatable bonds is 6. The molecular weight excluding hydrogens is 398 g/mol. The Balaban J connectivity index is 1.69. The first kappa shape index (κ1) is 20.2. The second kappa shape index (κ2) is 8.36. The smallest absolute Gasteiger partial charge is 0.336 e. The van der Waals surface area contributed by atoms with E-state index in [4.69, 9.17) is 4.42 Å². The van der Waals surface area contributed by atoms with Gasteiger partial charge in [0.2, 0.25) is 0 Å². The lowest BCUT2D eigenvalue weighted by atomic mass is 10.1. The molecule has 4 aromatic rings. The zero-order valence-corrected chi connectivity index (χ0v) is 18.0. The quantitative estimate of drug-likeness (QED) is 0.346. The number of nitrogens with zero attached hydrogens (tertiary/aromatic N) is 3. The monoisotopic (exact) mass is 421 g/mol. The van der Waals surface area contributed by atoms with Crippen LogP contribution in [0, 0.1) is 13.8 Å². The van der Waals surface area contributed by atoms with Crippen molar-refractivity contribution in [1.82, 2.24) is 14.8 Å². The first-order chi connectivity index (χ1) is 14.5. The predicted octanol–water partition coefficient (Wildman–Crippen LogP) is 5.08. The lowest BCUT2D eigenvalue weighted by molar-refractivity contribution is 0.468. The van der Waals surface area contributed by atoms with Gasteiger partial charge < -0.3 is 14.1 Å². The molecule has 0 saturated carbocycles. The Morgan fingerprint density at radius 1 is 1.13 bits per heavy atom. The molecule has 2 aromatic heterocycles. The third-order valence-electron chi connectivity index (χ3n) is 5.02. The summed E-state index contributed by atoms with van der Waals surface area (Å²) in [5.41, 5.74) is 3.62. The lowest BCUT2D eigenvalue weighted by Gasteiger charge is -2.10. The fraction of sp³-hybridized carbons (Fsp3) is 0.261. The number of benzene rings is 2. The molecule has 0 aliphatic rings. The summed E-state index contributed by atoms with van der Waals surface area (Å²) in [4.78, 5) is 12.1. The van der Waals surface area contributed by atoms with Crippen molar-refractivity contribution in [3.8, 4) is 17.1 Å². The minimum atomic E-state index is -0.428. The Bertz CT molecular complexity index is 1280. The molecule has 0 fully saturated rings. The number of aryl methyl sites for hydroxylation is 2. The van der Waals surface area contributed by atoms with Gasteiger partial charge in [-0.2, -0.15) is 0 Å². The van der Waals surface area contributed by atoms with Gasteiger partial charge in [0, 0.05) is 34.9 Å². The molecular formula is C23H23N3O3S. The molecule has 0 saturated heterocycles. The summed E-state index contributed by atoms with van der Waals surface area (Å²) in [7, 11) is 0. The maximum absolute atomic E-state index is 12.1. The average Bonchev–Trinajstić information content (AvgIpc) is 3.12. The molecule has 154 valence electrons. The van der Waals surface area contributed by atoms with Crippen molar-refractivity contribution in [2.45, 2.75) is 44.6 Å². The highest BCUT2D eigenvalue weighted by molar-refractivity contribution is 7.98. The summed E-state index contributed by atoms with van der Waals surface area (Å²) in [5.74, 6) is 1.50. The molecule has 4 rings (SSSR count). The molecule has 0 spiro atoms. The maximum atomic E-state index is 12.1. The Hall–Kier alpha value is -3.06. The van der Waals surface area contributed by atoms with Gasteiger partial charge in [0.15, 0.2) is 11.0 Å². The number of hydrogen-bond donors (Lipinski definition) is 1. The van der Waals surface area contributed by atoms with Crippen LogP contribution in [0.2, 0.25) is 0 Å². The second-order valence-corrected chi connectivity index (χ2v) is 8.24. The zero-order chi connectivity index (χ0) is 21.3. The van der Waals surface area contributed by atoms with E-state index in [-0.39, 0.29) is 5.75 Å². The number of fused-ring (bicyclic) bond motifs is 1. The van der Waals surface area contributed by atoms with Crippen molar-refractivity contribution in [3.63, 3.8) is 0 Å². The van der Waals surface area contributed by atoms with Crippen LogP contribution in [0.1, 0.15) is 30.0 Å². The van der Waals surface area contributed by atoms with Crippen molar-refractivity contribution in [2.75, 3.05) is 0 Å². The van der Waals surface area contributed by atoms with E-state index < -0.39 is 5.63 Å². The SMILES string of the molecule is CCCn1c(SCc2cc(=O)oc3c(C)c(O)ccc23)nnc1-c1cccc(C)c1. The molecule has 0 amide bonds. The summed E-state index contributed by atoms with van der Waals surface area (Å²) in [6.07, 6.45) is 0.959. The third-order valence-corrected chi connectivity index (χ3v) is 6.03. The highest BCUT2D eigenvalue weighted by Gasteiger charge is 2.16. The van der Waals surface area contributed by atoms with Crippen LogP contribution in [0.4, 0.5) is 0 Å². The van der Waals surface area contributed by atoms with Crippen LogP contribution in [0.25, 0.3) is 22.4 Å². The lowest BCUT2D eigenvalue weighted by Crippen LogP contribution is -2.03. The second-order valence-electron chi connectivity index (χ2n) is 7.29. The van der Waals surface area contributed by atoms with Crippen LogP contribution >= 0.6 is 11.8 Å². The van der Waals surface area contributed by atoms with Gasteiger partial charge in [-0.1, -0.05) is 42.4 Å². The molecule has 0 atom stereocenters. The van der Waals surface area contributed by atoms with Crippen molar-refractivity contribution in [2.24, 2.45) is 0 Å². The van der Waals surface area contributed by atoms with Crippen molar-refractivity contribution in [3.05, 3.63) is 69.6 Å². The number of hydrogen-bond acceptors (Lipinski definition) is 6. The summed E-state index contributed by atoms with van der Waals surface area (Å²) < 4.78 is 7.47. The van der Waals surface area contributed by atoms with E-state index in [9.17, 15) is 9.90 Å². The Morgan fingerprint density at radius 2 is 1.97 bits per heavy atom. The van der Waals surface area contributed by atoms with E-state index in [1.54, 1.807) is 19.1 Å². The average molecular weight is 422 g/mol. The molecule has 0 radical (unpaired) electrons. The van der Waals surface area contributed by atoms with E-state index in [0.717, 1.165) is 40.5 Å². The van der Waals surface area contributed by atoms with Crippen molar-refractivity contribution in [1.29, 1.82) is 0 Å². The van der Waals surface area contributed by atoms with Crippen molar-refractivity contribution >= 4 is 22.7 Å². The fourth-order valence-electron chi connectivity index (χ4n) is 3.50. The van der Waals surface area contributed by atoms with Crippen LogP contribution < -0.4 is 5.63 Å². The standard InChI is InChI=1S/C23H23N3O3S/c1-4-10-26-22(16-7-5-6-14(2)11-16)24-25-23(26)30-13-17-12-20(28)29-21-15(3)19(27)9-8-18(17)21/h5-9,11-12,27H,4,10,13H2,1-3H3. The van der Waals surface area contributed by atoms with Crippen LogP contribution in [-0.2, 0) is 12.3 Å². The molecule has 0 aliphatic heterocycles. The van der Waals surface area contributed by atoms with Gasteiger partial charge in [-0.25, -0.2) is 4.79 Å². The first-order valence-electron chi connectivity index (χ1n) is 9.86. The first-order valence-corrected chi connectivity index (χ1v) is 10.8. The van der Waals surface area contributed by atoms with E-state index in [2.05, 4.69) is 40.7 Å². The number of aromatic hydroxyl groups is 1. The van der Waals surface area contributed by atoms with E-state index >= 15 is 0 Å². The largest absolute Gasteiger partial charge is 0.508 e. The molecule has 2 aromatic carbocycles. The summed E-state index contributed by atoms with van der Waals surface area (Å²) >= 11 is 1.54. The normalized spacial score (nSPS) is 11.3. The Labute approximate surface area is 178 Å². The minimum absolute atomic E-state index is 0.112. The highest BCUT2D eigenvalue weighted by atomic mass is 32.2. The fourth-order valence-corrected chi connectivity index (χ4v) is 4.45. The highest BCUT2D eigenvalue weighted by Crippen LogP contribution is 2.32. The molecule has 0 aliphatic carbocycles. The number of aromatic nitrogens is 3. The van der Waals surface area contributed by atoms with Gasteiger partial charge in [-0.05, 0) is 44.0 Å². The predicted molar refractivity (Wildman–Crippen MR) is 119 cm³/mol. The van der Waals surface area contributed by atoms with Gasteiger partial charge in [-0.15, -0.1) is 10.2 Å². The number of thioether (sulfide) groups is 1. The van der Waals surface area contributed by atoms with Crippen LogP contribution in [0.3, 0.4) is 0 Å². The molecule has 0 bridgehead atoms. The van der Waals surface area contributed by atoms with Crippen LogP contribution in [0.15, 0.2) is 56.8 Å². The Morgan fingerprint density at radius 3 is 2.73 bits per heavy atom. The van der Waals surface area contributed by atoms with Crippen LogP contribution in [0.5, 0.6) is 5.75 Å². The van der Waals surface area contributed by atoms with E-state index in [1.165, 1.54) is 23.4 Å². The molecule has 7 heteroatoms. The van der Waals surface area contributed by atoms with Crippen LogP contribution in [-0.4, -0.2) is 19.9 Å². The minimum Gasteiger partial charge on any atom is -0.508 e. The van der Waals surface area contributed by atoms with Gasteiger partial charge in [0.25, 0.3) is 0 Å². The maximum Gasteiger partial charge on any atom is 0.336 e. The molecule has 0 unspecified atom stereocenters. The number of phenolic OH excluding ortho intramolecular Hbond substituents is 1. The molecule has 2 heterocycles. The Kier molecular flexibility index (Phi) is 5.63. The summed E-state index contributed by atoms with van der Waals surface area (Å²) in [6.45, 7) is 6.73.